The highest BCUT2D eigenvalue weighted by molar-refractivity contribution is 7.26. The highest BCUT2D eigenvalue weighted by Crippen LogP contribution is 2.41. The van der Waals surface area contributed by atoms with Crippen molar-refractivity contribution >= 4 is 75.1 Å². The van der Waals surface area contributed by atoms with E-state index in [0.29, 0.717) is 5.56 Å². The Morgan fingerprint density at radius 1 is 0.381 bits per heavy atom. The number of para-hydroxylation sites is 3. The van der Waals surface area contributed by atoms with E-state index in [2.05, 4.69) is 24.3 Å². The third-order valence-corrected chi connectivity index (χ3v) is 12.2. The van der Waals surface area contributed by atoms with Gasteiger partial charge in [-0.1, -0.05) is 169 Å². The second-order valence-electron chi connectivity index (χ2n) is 14.5. The second kappa shape index (κ2) is 14.2. The van der Waals surface area contributed by atoms with Crippen LogP contribution in [-0.2, 0) is 0 Å². The Morgan fingerprint density at radius 3 is 1.62 bits per heavy atom. The Labute approximate surface area is 394 Å². The average Bonchev–Trinajstić information content (AvgIpc) is 2.89. The van der Waals surface area contributed by atoms with E-state index in [1.54, 1.807) is 29.5 Å². The molecule has 0 aliphatic carbocycles. The molecule has 0 amide bonds. The monoisotopic (exact) mass is 841 g/mol. The Balaban J connectivity index is 1.16. The van der Waals surface area contributed by atoms with Gasteiger partial charge in [-0.25, -0.2) is 0 Å². The van der Waals surface area contributed by atoms with Gasteiger partial charge in [-0.15, -0.1) is 11.3 Å². The van der Waals surface area contributed by atoms with Crippen molar-refractivity contribution < 1.29 is 27.4 Å². The van der Waals surface area contributed by atoms with E-state index in [-0.39, 0.29) is 38.6 Å². The minimum atomic E-state index is -0.823. The van der Waals surface area contributed by atoms with Crippen LogP contribution in [0.15, 0.2) is 212 Å². The van der Waals surface area contributed by atoms with Crippen LogP contribution in [0.2, 0.25) is 0 Å². The van der Waals surface area contributed by atoms with E-state index >= 15 is 0 Å². The molecule has 0 aliphatic heterocycles. The van der Waals surface area contributed by atoms with E-state index in [9.17, 15) is 9.60 Å². The number of thiophene rings is 1. The van der Waals surface area contributed by atoms with Gasteiger partial charge >= 0.3 is 0 Å². The molecule has 6 heteroatoms. The molecular weight excluding hydrogens is 787 g/mol. The number of hydrogen-bond donors (Lipinski definition) is 0. The predicted octanol–water partition coefficient (Wildman–Crippen LogP) is 15.1. The van der Waals surface area contributed by atoms with Crippen LogP contribution in [0.1, 0.15) is 27.4 Å². The number of rotatable bonds is 6. The molecule has 0 N–H and O–H groups in total. The maximum atomic E-state index is 9.95. The molecule has 5 nitrogen and oxygen atoms in total. The standard InChI is InChI=1S/C57H35N5S/c1-2-15-36(16-3-1)39-31-32-46-45-23-6-10-29-51(45)62(52(46)35-39)57-59-55(58-56(60-57)61-49-27-8-4-21-43(49)44-22-5-9-28-50(44)61)41-20-13-18-38(34-41)37-17-12-19-40(33-37)42-25-14-26-48-47-24-7-11-30-53(47)63-54(42)48/h1-35H/i1D,2D,3D,4D,5D,6D,8D,9D,10D,15D,16D,21D,22D,23D,27D,28D,29D,31D,32D,35D. The summed E-state index contributed by atoms with van der Waals surface area (Å²) < 4.78 is 184. The molecule has 0 aliphatic rings. The lowest BCUT2D eigenvalue weighted by Crippen LogP contribution is -2.10. The summed E-state index contributed by atoms with van der Waals surface area (Å²) >= 11 is 1.68. The molecule has 0 fully saturated rings. The summed E-state index contributed by atoms with van der Waals surface area (Å²) in [5, 5.41) is 0.801. The van der Waals surface area contributed by atoms with Crippen molar-refractivity contribution in [3.05, 3.63) is 212 Å². The first-order valence-corrected chi connectivity index (χ1v) is 20.4. The van der Waals surface area contributed by atoms with E-state index in [1.807, 2.05) is 48.5 Å². The first-order valence-electron chi connectivity index (χ1n) is 29.6. The van der Waals surface area contributed by atoms with Crippen molar-refractivity contribution in [1.29, 1.82) is 0 Å². The Hall–Kier alpha value is -8.19. The fourth-order valence-corrected chi connectivity index (χ4v) is 9.43. The number of aromatic nitrogens is 5. The molecule has 9 aromatic carbocycles. The van der Waals surface area contributed by atoms with Crippen molar-refractivity contribution in [3.63, 3.8) is 0 Å². The first-order chi connectivity index (χ1) is 39.5. The Morgan fingerprint density at radius 2 is 0.921 bits per heavy atom. The van der Waals surface area contributed by atoms with Crippen LogP contribution in [0.5, 0.6) is 0 Å². The zero-order chi connectivity index (χ0) is 58.8. The molecule has 294 valence electrons. The van der Waals surface area contributed by atoms with Gasteiger partial charge in [0.15, 0.2) is 5.82 Å². The first kappa shape index (κ1) is 21.1. The van der Waals surface area contributed by atoms with E-state index in [0.717, 1.165) is 46.0 Å². The number of nitrogens with zero attached hydrogens (tertiary/aromatic N) is 5. The van der Waals surface area contributed by atoms with Crippen LogP contribution in [0.3, 0.4) is 0 Å². The van der Waals surface area contributed by atoms with Gasteiger partial charge in [0, 0.05) is 47.3 Å². The maximum absolute atomic E-state index is 9.95. The van der Waals surface area contributed by atoms with Gasteiger partial charge in [-0.3, -0.25) is 9.13 Å². The van der Waals surface area contributed by atoms with Crippen LogP contribution < -0.4 is 0 Å². The van der Waals surface area contributed by atoms with Crippen molar-refractivity contribution in [2.24, 2.45) is 0 Å². The number of benzene rings is 9. The fraction of sp³-hybridized carbons (Fsp3) is 0. The largest absolute Gasteiger partial charge is 0.278 e. The molecule has 0 unspecified atom stereocenters. The summed E-state index contributed by atoms with van der Waals surface area (Å²) in [6.45, 7) is 0. The smallest absolute Gasteiger partial charge is 0.240 e. The van der Waals surface area contributed by atoms with Crippen molar-refractivity contribution in [2.45, 2.75) is 0 Å². The van der Waals surface area contributed by atoms with Crippen LogP contribution in [0, 0.1) is 0 Å². The number of fused-ring (bicyclic) bond motifs is 9. The molecular formula is C57H35N5S. The molecule has 4 heterocycles. The maximum Gasteiger partial charge on any atom is 0.240 e. The molecule has 13 rings (SSSR count). The molecule has 0 saturated heterocycles. The quantitative estimate of drug-likeness (QED) is 0.168. The van der Waals surface area contributed by atoms with E-state index < -0.39 is 160 Å². The van der Waals surface area contributed by atoms with Crippen LogP contribution in [0.4, 0.5) is 0 Å². The summed E-state index contributed by atoms with van der Waals surface area (Å²) in [5.41, 5.74) is 0.564. The second-order valence-corrected chi connectivity index (χ2v) is 15.6. The number of hydrogen-bond acceptors (Lipinski definition) is 4. The molecule has 0 saturated carbocycles. The molecule has 0 bridgehead atoms. The molecule has 4 aromatic heterocycles. The van der Waals surface area contributed by atoms with Gasteiger partial charge in [0.25, 0.3) is 0 Å². The van der Waals surface area contributed by atoms with Gasteiger partial charge in [0.05, 0.1) is 49.5 Å². The van der Waals surface area contributed by atoms with E-state index in [4.69, 9.17) is 32.8 Å². The predicted molar refractivity (Wildman–Crippen MR) is 263 cm³/mol. The lowest BCUT2D eigenvalue weighted by molar-refractivity contribution is 0.893. The minimum Gasteiger partial charge on any atom is -0.278 e. The highest BCUT2D eigenvalue weighted by Gasteiger charge is 2.21. The molecule has 63 heavy (non-hydrogen) atoms. The van der Waals surface area contributed by atoms with Gasteiger partial charge in [-0.05, 0) is 75.7 Å². The molecule has 0 radical (unpaired) electrons. The summed E-state index contributed by atoms with van der Waals surface area (Å²) in [4.78, 5) is 14.7. The topological polar surface area (TPSA) is 48.5 Å². The normalized spacial score (nSPS) is 16.3. The van der Waals surface area contributed by atoms with Crippen molar-refractivity contribution in [2.75, 3.05) is 0 Å². The lowest BCUT2D eigenvalue weighted by Gasteiger charge is -2.13. The highest BCUT2D eigenvalue weighted by atomic mass is 32.1. The SMILES string of the molecule is [2H]c1c([2H])c([2H])c(-c2c([2H])c([2H])c3c4c([2H])c([2H])c([2H])c([2H])c4n(-c4nc(-c5cccc(-c6cccc(-c7cccc8c7sc7ccccc78)c6)c5)nc(-n5c6c([2H])c([2H])c([2H])c([2H])c6c6c([2H])c([2H])c([2H])c([2H])c65)n4)c3c2[2H])c([2H])c1[2H]. The zero-order valence-electron chi connectivity index (χ0n) is 52.3. The third kappa shape index (κ3) is 5.73. The minimum absolute atomic E-state index is 0.230. The summed E-state index contributed by atoms with van der Waals surface area (Å²) in [5.74, 6) is -1.38. The summed E-state index contributed by atoms with van der Waals surface area (Å²) in [6.07, 6.45) is 0. The average molecular weight is 842 g/mol. The zero-order valence-corrected chi connectivity index (χ0v) is 33.1. The van der Waals surface area contributed by atoms with E-state index in [1.165, 1.54) is 0 Å². The van der Waals surface area contributed by atoms with Crippen molar-refractivity contribution in [3.8, 4) is 56.7 Å². The molecule has 0 spiro atoms. The summed E-state index contributed by atoms with van der Waals surface area (Å²) in [7, 11) is 0. The third-order valence-electron chi connectivity index (χ3n) is 11.0. The van der Waals surface area contributed by atoms with Gasteiger partial charge in [-0.2, -0.15) is 15.0 Å². The van der Waals surface area contributed by atoms with Gasteiger partial charge < -0.3 is 0 Å². The Kier molecular flexibility index (Phi) is 4.75. The van der Waals surface area contributed by atoms with Crippen LogP contribution in [0.25, 0.3) is 120 Å². The molecule has 0 atom stereocenters. The van der Waals surface area contributed by atoms with Crippen LogP contribution >= 0.6 is 11.3 Å². The molecule has 13 aromatic rings. The lowest BCUT2D eigenvalue weighted by atomic mass is 9.97. The summed E-state index contributed by atoms with van der Waals surface area (Å²) in [6, 6.07) is 14.0. The Bertz CT molecular complexity index is 5020. The van der Waals surface area contributed by atoms with Crippen LogP contribution in [-0.4, -0.2) is 24.1 Å². The van der Waals surface area contributed by atoms with Crippen molar-refractivity contribution in [1.82, 2.24) is 24.1 Å². The van der Waals surface area contributed by atoms with Gasteiger partial charge in [0.1, 0.15) is 0 Å². The fourth-order valence-electron chi connectivity index (χ4n) is 8.19. The van der Waals surface area contributed by atoms with Gasteiger partial charge in [0.2, 0.25) is 11.9 Å².